The Morgan fingerprint density at radius 3 is 3.06 bits per heavy atom. The minimum Gasteiger partial charge on any atom is -0.398 e. The van der Waals surface area contributed by atoms with Crippen molar-refractivity contribution in [2.24, 2.45) is 5.73 Å². The fraction of sp³-hybridized carbons (Fsp3) is 0.364. The van der Waals surface area contributed by atoms with Crippen LogP contribution < -0.4 is 16.4 Å². The van der Waals surface area contributed by atoms with Crippen LogP contribution in [0.4, 0.5) is 11.4 Å². The molecule has 0 radical (unpaired) electrons. The SMILES string of the molecule is NCc1cc(N2CCOC2C=O)ccc1N. The van der Waals surface area contributed by atoms with Crippen molar-refractivity contribution >= 4 is 17.7 Å². The maximum atomic E-state index is 10.8. The molecule has 0 bridgehead atoms. The number of aldehydes is 1. The summed E-state index contributed by atoms with van der Waals surface area (Å²) in [4.78, 5) is 12.7. The van der Waals surface area contributed by atoms with E-state index in [1.54, 1.807) is 6.07 Å². The molecule has 4 N–H and O–H groups in total. The number of carbonyl (C=O) groups excluding carboxylic acids is 1. The lowest BCUT2D eigenvalue weighted by molar-refractivity contribution is -0.115. The van der Waals surface area contributed by atoms with Gasteiger partial charge in [0.05, 0.1) is 6.61 Å². The van der Waals surface area contributed by atoms with Crippen LogP contribution in [0.1, 0.15) is 5.56 Å². The largest absolute Gasteiger partial charge is 0.398 e. The molecule has 1 fully saturated rings. The van der Waals surface area contributed by atoms with E-state index in [0.29, 0.717) is 25.4 Å². The molecule has 0 aliphatic carbocycles. The molecule has 1 unspecified atom stereocenters. The summed E-state index contributed by atoms with van der Waals surface area (Å²) in [6.45, 7) is 1.66. The monoisotopic (exact) mass is 221 g/mol. The van der Waals surface area contributed by atoms with Crippen molar-refractivity contribution in [1.29, 1.82) is 0 Å². The van der Waals surface area contributed by atoms with Gasteiger partial charge in [-0.25, -0.2) is 0 Å². The molecule has 16 heavy (non-hydrogen) atoms. The second-order valence-electron chi connectivity index (χ2n) is 3.68. The Labute approximate surface area is 94.0 Å². The van der Waals surface area contributed by atoms with Crippen LogP contribution in [0.15, 0.2) is 18.2 Å². The number of benzene rings is 1. The van der Waals surface area contributed by atoms with Crippen LogP contribution in [-0.2, 0) is 16.1 Å². The van der Waals surface area contributed by atoms with Crippen molar-refractivity contribution in [2.45, 2.75) is 12.8 Å². The Kier molecular flexibility index (Phi) is 3.07. The summed E-state index contributed by atoms with van der Waals surface area (Å²) in [6, 6.07) is 5.58. The normalized spacial score (nSPS) is 20.1. The molecule has 1 saturated heterocycles. The van der Waals surface area contributed by atoms with Crippen molar-refractivity contribution < 1.29 is 9.53 Å². The number of nitrogens with two attached hydrogens (primary N) is 2. The van der Waals surface area contributed by atoms with E-state index in [-0.39, 0.29) is 0 Å². The summed E-state index contributed by atoms with van der Waals surface area (Å²) in [7, 11) is 0. The molecular weight excluding hydrogens is 206 g/mol. The Hall–Kier alpha value is -1.59. The van der Waals surface area contributed by atoms with E-state index in [0.717, 1.165) is 17.5 Å². The van der Waals surface area contributed by atoms with Crippen molar-refractivity contribution in [2.75, 3.05) is 23.8 Å². The Balaban J connectivity index is 2.29. The first-order valence-corrected chi connectivity index (χ1v) is 5.18. The van der Waals surface area contributed by atoms with Crippen molar-refractivity contribution in [1.82, 2.24) is 0 Å². The molecule has 0 spiro atoms. The quantitative estimate of drug-likeness (QED) is 0.558. The van der Waals surface area contributed by atoms with Gasteiger partial charge in [-0.2, -0.15) is 0 Å². The van der Waals surface area contributed by atoms with E-state index in [1.165, 1.54) is 0 Å². The van der Waals surface area contributed by atoms with Gasteiger partial charge < -0.3 is 21.1 Å². The lowest BCUT2D eigenvalue weighted by Gasteiger charge is -2.21. The summed E-state index contributed by atoms with van der Waals surface area (Å²) in [5.41, 5.74) is 13.8. The van der Waals surface area contributed by atoms with Gasteiger partial charge in [0.2, 0.25) is 0 Å². The Morgan fingerprint density at radius 2 is 2.38 bits per heavy atom. The summed E-state index contributed by atoms with van der Waals surface area (Å²) >= 11 is 0. The minimum absolute atomic E-state index is 0.389. The fourth-order valence-corrected chi connectivity index (χ4v) is 1.83. The van der Waals surface area contributed by atoms with Gasteiger partial charge in [0.15, 0.2) is 12.5 Å². The van der Waals surface area contributed by atoms with Gasteiger partial charge >= 0.3 is 0 Å². The number of nitrogens with zero attached hydrogens (tertiary/aromatic N) is 1. The molecule has 1 aliphatic rings. The molecule has 0 saturated carbocycles. The minimum atomic E-state index is -0.491. The Morgan fingerprint density at radius 1 is 1.56 bits per heavy atom. The zero-order chi connectivity index (χ0) is 11.5. The Bertz CT molecular complexity index is 395. The van der Waals surface area contributed by atoms with Crippen LogP contribution in [0.25, 0.3) is 0 Å². The second kappa shape index (κ2) is 4.51. The number of ether oxygens (including phenoxy) is 1. The van der Waals surface area contributed by atoms with Crippen LogP contribution in [0.5, 0.6) is 0 Å². The predicted molar refractivity (Wildman–Crippen MR) is 61.9 cm³/mol. The van der Waals surface area contributed by atoms with Crippen molar-refractivity contribution in [3.8, 4) is 0 Å². The molecule has 5 heteroatoms. The molecule has 86 valence electrons. The summed E-state index contributed by atoms with van der Waals surface area (Å²) in [6.07, 6.45) is 0.306. The zero-order valence-corrected chi connectivity index (χ0v) is 8.93. The summed E-state index contributed by atoms with van der Waals surface area (Å²) in [5.74, 6) is 0. The van der Waals surface area contributed by atoms with E-state index >= 15 is 0 Å². The van der Waals surface area contributed by atoms with Crippen LogP contribution in [-0.4, -0.2) is 25.7 Å². The standard InChI is InChI=1S/C11H15N3O2/c12-6-8-5-9(1-2-10(8)13)14-3-4-16-11(14)7-15/h1-2,5,7,11H,3-4,6,12-13H2. The third-order valence-electron chi connectivity index (χ3n) is 2.72. The highest BCUT2D eigenvalue weighted by molar-refractivity contribution is 5.67. The smallest absolute Gasteiger partial charge is 0.186 e. The van der Waals surface area contributed by atoms with Gasteiger partial charge in [0.25, 0.3) is 0 Å². The molecule has 0 aromatic heterocycles. The van der Waals surface area contributed by atoms with Crippen LogP contribution in [0.2, 0.25) is 0 Å². The highest BCUT2D eigenvalue weighted by atomic mass is 16.5. The molecule has 5 nitrogen and oxygen atoms in total. The summed E-state index contributed by atoms with van der Waals surface area (Å²) < 4.78 is 5.27. The van der Waals surface area contributed by atoms with E-state index in [2.05, 4.69) is 0 Å². The second-order valence-corrected chi connectivity index (χ2v) is 3.68. The average molecular weight is 221 g/mol. The molecule has 1 aliphatic heterocycles. The zero-order valence-electron chi connectivity index (χ0n) is 8.93. The number of anilines is 2. The first-order chi connectivity index (χ1) is 7.76. The van der Waals surface area contributed by atoms with Crippen LogP contribution >= 0.6 is 0 Å². The first-order valence-electron chi connectivity index (χ1n) is 5.18. The number of nitrogen functional groups attached to an aromatic ring is 1. The van der Waals surface area contributed by atoms with E-state index in [4.69, 9.17) is 16.2 Å². The maximum absolute atomic E-state index is 10.8. The van der Waals surface area contributed by atoms with Gasteiger partial charge in [-0.1, -0.05) is 0 Å². The van der Waals surface area contributed by atoms with Gasteiger partial charge in [-0.15, -0.1) is 0 Å². The third kappa shape index (κ3) is 1.87. The van der Waals surface area contributed by atoms with Crippen molar-refractivity contribution in [3.63, 3.8) is 0 Å². The highest BCUT2D eigenvalue weighted by Gasteiger charge is 2.25. The van der Waals surface area contributed by atoms with E-state index in [9.17, 15) is 4.79 Å². The number of carbonyl (C=O) groups is 1. The lowest BCUT2D eigenvalue weighted by Crippen LogP contribution is -2.31. The molecule has 1 heterocycles. The van der Waals surface area contributed by atoms with Crippen LogP contribution in [0.3, 0.4) is 0 Å². The van der Waals surface area contributed by atoms with E-state index < -0.39 is 6.23 Å². The number of rotatable bonds is 3. The van der Waals surface area contributed by atoms with Gasteiger partial charge in [0.1, 0.15) is 0 Å². The van der Waals surface area contributed by atoms with Gasteiger partial charge in [-0.3, -0.25) is 4.79 Å². The predicted octanol–water partition coefficient (Wildman–Crippen LogP) is 0.0891. The molecule has 1 atom stereocenters. The number of hydrogen-bond donors (Lipinski definition) is 2. The maximum Gasteiger partial charge on any atom is 0.186 e. The summed E-state index contributed by atoms with van der Waals surface area (Å²) in [5, 5.41) is 0. The number of hydrogen-bond acceptors (Lipinski definition) is 5. The topological polar surface area (TPSA) is 81.6 Å². The third-order valence-corrected chi connectivity index (χ3v) is 2.72. The highest BCUT2D eigenvalue weighted by Crippen LogP contribution is 2.24. The first kappa shape index (κ1) is 10.9. The molecular formula is C11H15N3O2. The van der Waals surface area contributed by atoms with Gasteiger partial charge in [-0.05, 0) is 23.8 Å². The van der Waals surface area contributed by atoms with Crippen molar-refractivity contribution in [3.05, 3.63) is 23.8 Å². The fourth-order valence-electron chi connectivity index (χ4n) is 1.83. The van der Waals surface area contributed by atoms with Gasteiger partial charge in [0, 0.05) is 24.5 Å². The molecule has 0 amide bonds. The lowest BCUT2D eigenvalue weighted by atomic mass is 10.1. The van der Waals surface area contributed by atoms with Crippen LogP contribution in [0, 0.1) is 0 Å². The average Bonchev–Trinajstić information content (AvgIpc) is 2.78. The molecule has 2 rings (SSSR count). The molecule has 1 aromatic carbocycles. The van der Waals surface area contributed by atoms with E-state index in [1.807, 2.05) is 17.0 Å². The molecule has 1 aromatic rings.